The SMILES string of the molecule is C=C[C@H]1CC(C(=O)OC)(C(=O)OC)CC12C=CC(=O)C=C2. The van der Waals surface area contributed by atoms with Crippen molar-refractivity contribution in [3.8, 4) is 0 Å². The number of methoxy groups -OCH3 is 2. The Morgan fingerprint density at radius 2 is 1.76 bits per heavy atom. The maximum Gasteiger partial charge on any atom is 0.323 e. The van der Waals surface area contributed by atoms with Gasteiger partial charge in [0.2, 0.25) is 0 Å². The van der Waals surface area contributed by atoms with E-state index < -0.39 is 22.8 Å². The maximum absolute atomic E-state index is 12.2. The van der Waals surface area contributed by atoms with Crippen molar-refractivity contribution in [1.29, 1.82) is 0 Å². The van der Waals surface area contributed by atoms with Gasteiger partial charge in [-0.3, -0.25) is 14.4 Å². The number of carbonyl (C=O) groups excluding carboxylic acids is 3. The standard InChI is InChI=1S/C16H18O5/c1-4-11-9-16(13(18)20-2,14(19)21-3)10-15(11)7-5-12(17)6-8-15/h4-8,11H,1,9-10H2,2-3H3/t11-/m0/s1. The van der Waals surface area contributed by atoms with E-state index in [1.165, 1.54) is 26.4 Å². The van der Waals surface area contributed by atoms with Gasteiger partial charge in [-0.1, -0.05) is 18.2 Å². The average Bonchev–Trinajstić information content (AvgIpc) is 2.84. The number of hydrogen-bond acceptors (Lipinski definition) is 5. The number of rotatable bonds is 3. The van der Waals surface area contributed by atoms with Gasteiger partial charge in [-0.2, -0.15) is 0 Å². The average molecular weight is 290 g/mol. The predicted molar refractivity (Wildman–Crippen MR) is 75.1 cm³/mol. The van der Waals surface area contributed by atoms with Crippen molar-refractivity contribution in [2.75, 3.05) is 14.2 Å². The van der Waals surface area contributed by atoms with Crippen molar-refractivity contribution >= 4 is 17.7 Å². The topological polar surface area (TPSA) is 69.7 Å². The van der Waals surface area contributed by atoms with E-state index in [0.29, 0.717) is 0 Å². The fraction of sp³-hybridized carbons (Fsp3) is 0.438. The van der Waals surface area contributed by atoms with Crippen LogP contribution >= 0.6 is 0 Å². The van der Waals surface area contributed by atoms with Crippen LogP contribution in [-0.4, -0.2) is 31.9 Å². The number of allylic oxidation sites excluding steroid dienone is 5. The highest BCUT2D eigenvalue weighted by molar-refractivity contribution is 6.02. The second-order valence-electron chi connectivity index (χ2n) is 5.47. The zero-order valence-corrected chi connectivity index (χ0v) is 12.1. The lowest BCUT2D eigenvalue weighted by atomic mass is 9.74. The first-order valence-electron chi connectivity index (χ1n) is 6.66. The molecule has 112 valence electrons. The second kappa shape index (κ2) is 5.31. The summed E-state index contributed by atoms with van der Waals surface area (Å²) < 4.78 is 9.64. The number of carbonyl (C=O) groups is 3. The van der Waals surface area contributed by atoms with Crippen LogP contribution in [0, 0.1) is 16.7 Å². The van der Waals surface area contributed by atoms with Gasteiger partial charge in [0, 0.05) is 5.41 Å². The Morgan fingerprint density at radius 1 is 1.24 bits per heavy atom. The number of esters is 2. The number of hydrogen-bond donors (Lipinski definition) is 0. The molecular weight excluding hydrogens is 272 g/mol. The largest absolute Gasteiger partial charge is 0.468 e. The van der Waals surface area contributed by atoms with Crippen molar-refractivity contribution in [2.45, 2.75) is 12.8 Å². The quantitative estimate of drug-likeness (QED) is 0.448. The van der Waals surface area contributed by atoms with Crippen LogP contribution in [0.4, 0.5) is 0 Å². The minimum absolute atomic E-state index is 0.114. The minimum atomic E-state index is -1.36. The highest BCUT2D eigenvalue weighted by Crippen LogP contribution is 2.57. The van der Waals surface area contributed by atoms with Gasteiger partial charge >= 0.3 is 11.9 Å². The second-order valence-corrected chi connectivity index (χ2v) is 5.47. The van der Waals surface area contributed by atoms with Gasteiger partial charge in [0.1, 0.15) is 0 Å². The zero-order chi connectivity index (χ0) is 15.7. The molecule has 21 heavy (non-hydrogen) atoms. The normalized spacial score (nSPS) is 24.9. The van der Waals surface area contributed by atoms with Crippen LogP contribution in [0.25, 0.3) is 0 Å². The summed E-state index contributed by atoms with van der Waals surface area (Å²) in [5.41, 5.74) is -1.95. The summed E-state index contributed by atoms with van der Waals surface area (Å²) in [5.74, 6) is -1.50. The van der Waals surface area contributed by atoms with E-state index in [2.05, 4.69) is 6.58 Å². The molecule has 1 atom stereocenters. The van der Waals surface area contributed by atoms with Gasteiger partial charge in [0.25, 0.3) is 0 Å². The summed E-state index contributed by atoms with van der Waals surface area (Å²) in [4.78, 5) is 35.8. The van der Waals surface area contributed by atoms with E-state index in [0.717, 1.165) is 0 Å². The van der Waals surface area contributed by atoms with Crippen molar-refractivity contribution in [2.24, 2.45) is 16.7 Å². The van der Waals surface area contributed by atoms with E-state index in [9.17, 15) is 14.4 Å². The molecule has 0 bridgehead atoms. The molecule has 5 heteroatoms. The Balaban J connectivity index is 2.49. The Hall–Kier alpha value is -2.17. The Kier molecular flexibility index (Phi) is 3.85. The first-order chi connectivity index (χ1) is 9.94. The maximum atomic E-state index is 12.2. The molecule has 2 aliphatic rings. The van der Waals surface area contributed by atoms with Gasteiger partial charge < -0.3 is 9.47 Å². The molecule has 0 aromatic heterocycles. The molecule has 1 fully saturated rings. The third-order valence-electron chi connectivity index (χ3n) is 4.42. The van der Waals surface area contributed by atoms with Gasteiger partial charge in [0.15, 0.2) is 11.2 Å². The van der Waals surface area contributed by atoms with Gasteiger partial charge in [-0.05, 0) is 30.9 Å². The first-order valence-corrected chi connectivity index (χ1v) is 6.66. The van der Waals surface area contributed by atoms with Gasteiger partial charge in [-0.15, -0.1) is 6.58 Å². The lowest BCUT2D eigenvalue weighted by molar-refractivity contribution is -0.169. The molecule has 0 aromatic rings. The van der Waals surface area contributed by atoms with E-state index in [1.54, 1.807) is 18.2 Å². The summed E-state index contributed by atoms with van der Waals surface area (Å²) in [7, 11) is 2.49. The van der Waals surface area contributed by atoms with Crippen LogP contribution < -0.4 is 0 Å². The van der Waals surface area contributed by atoms with Crippen LogP contribution in [-0.2, 0) is 23.9 Å². The monoisotopic (exact) mass is 290 g/mol. The summed E-state index contributed by atoms with van der Waals surface area (Å²) in [6, 6.07) is 0. The first kappa shape index (κ1) is 15.2. The van der Waals surface area contributed by atoms with Gasteiger partial charge in [-0.25, -0.2) is 0 Å². The molecule has 2 rings (SSSR count). The zero-order valence-electron chi connectivity index (χ0n) is 12.1. The highest BCUT2D eigenvalue weighted by Gasteiger charge is 2.61. The molecule has 1 spiro atoms. The highest BCUT2D eigenvalue weighted by atomic mass is 16.5. The Morgan fingerprint density at radius 3 is 2.19 bits per heavy atom. The van der Waals surface area contributed by atoms with Crippen LogP contribution in [0.15, 0.2) is 37.0 Å². The molecule has 2 aliphatic carbocycles. The van der Waals surface area contributed by atoms with Crippen molar-refractivity contribution in [1.82, 2.24) is 0 Å². The molecule has 0 heterocycles. The minimum Gasteiger partial charge on any atom is -0.468 e. The molecule has 0 radical (unpaired) electrons. The van der Waals surface area contributed by atoms with E-state index in [1.807, 2.05) is 0 Å². The third-order valence-corrected chi connectivity index (χ3v) is 4.42. The molecule has 0 unspecified atom stereocenters. The van der Waals surface area contributed by atoms with Crippen LogP contribution in [0.3, 0.4) is 0 Å². The smallest absolute Gasteiger partial charge is 0.323 e. The van der Waals surface area contributed by atoms with Crippen molar-refractivity contribution in [3.63, 3.8) is 0 Å². The van der Waals surface area contributed by atoms with Crippen LogP contribution in [0.2, 0.25) is 0 Å². The molecule has 0 amide bonds. The van der Waals surface area contributed by atoms with Crippen LogP contribution in [0.5, 0.6) is 0 Å². The Bertz CT molecular complexity index is 523. The summed E-state index contributed by atoms with van der Waals surface area (Å²) in [5, 5.41) is 0. The lowest BCUT2D eigenvalue weighted by Gasteiger charge is -2.29. The van der Waals surface area contributed by atoms with Gasteiger partial charge in [0.05, 0.1) is 14.2 Å². The fourth-order valence-electron chi connectivity index (χ4n) is 3.33. The van der Waals surface area contributed by atoms with E-state index in [4.69, 9.17) is 9.47 Å². The Labute approximate surface area is 123 Å². The summed E-state index contributed by atoms with van der Waals surface area (Å²) in [6.07, 6.45) is 8.57. The van der Waals surface area contributed by atoms with E-state index >= 15 is 0 Å². The summed E-state index contributed by atoms with van der Waals surface area (Å²) >= 11 is 0. The molecule has 0 saturated heterocycles. The number of ketones is 1. The molecule has 1 saturated carbocycles. The number of ether oxygens (including phenoxy) is 2. The molecule has 0 aliphatic heterocycles. The lowest BCUT2D eigenvalue weighted by Crippen LogP contribution is -2.40. The third kappa shape index (κ3) is 2.22. The predicted octanol–water partition coefficient (Wildman–Crippen LogP) is 1.60. The molecule has 0 N–H and O–H groups in total. The van der Waals surface area contributed by atoms with Crippen molar-refractivity contribution in [3.05, 3.63) is 37.0 Å². The van der Waals surface area contributed by atoms with Crippen molar-refractivity contribution < 1.29 is 23.9 Å². The molecule has 0 aromatic carbocycles. The molecule has 5 nitrogen and oxygen atoms in total. The van der Waals surface area contributed by atoms with Crippen LogP contribution in [0.1, 0.15) is 12.8 Å². The van der Waals surface area contributed by atoms with E-state index in [-0.39, 0.29) is 24.5 Å². The molecular formula is C16H18O5. The summed E-state index contributed by atoms with van der Waals surface area (Å²) in [6.45, 7) is 3.79. The fourth-order valence-corrected chi connectivity index (χ4v) is 3.33.